The molecule has 0 aliphatic heterocycles. The number of nitrogens with two attached hydrogens (primary N) is 1. The Labute approximate surface area is 108 Å². The second-order valence-electron chi connectivity index (χ2n) is 6.57. The number of furan rings is 1. The van der Waals surface area contributed by atoms with Crippen molar-refractivity contribution < 1.29 is 4.42 Å². The molecule has 4 aliphatic carbocycles. The maximum atomic E-state index is 5.70. The predicted molar refractivity (Wildman–Crippen MR) is 71.1 cm³/mol. The Morgan fingerprint density at radius 2 is 1.72 bits per heavy atom. The van der Waals surface area contributed by atoms with Crippen LogP contribution in [0.3, 0.4) is 0 Å². The van der Waals surface area contributed by atoms with E-state index in [2.05, 4.69) is 5.32 Å². The van der Waals surface area contributed by atoms with Crippen LogP contribution in [0, 0.1) is 23.7 Å². The smallest absolute Gasteiger partial charge is 0.193 e. The van der Waals surface area contributed by atoms with Gasteiger partial charge in [0, 0.05) is 12.1 Å². The zero-order valence-electron chi connectivity index (χ0n) is 10.8. The van der Waals surface area contributed by atoms with Gasteiger partial charge >= 0.3 is 0 Å². The van der Waals surface area contributed by atoms with Crippen LogP contribution in [-0.2, 0) is 6.54 Å². The van der Waals surface area contributed by atoms with Gasteiger partial charge in [-0.1, -0.05) is 0 Å². The minimum Gasteiger partial charge on any atom is -0.444 e. The zero-order valence-corrected chi connectivity index (χ0v) is 10.8. The summed E-state index contributed by atoms with van der Waals surface area (Å²) < 4.78 is 5.70. The number of nitrogens with one attached hydrogen (secondary N) is 1. The van der Waals surface area contributed by atoms with E-state index in [-0.39, 0.29) is 0 Å². The van der Waals surface area contributed by atoms with E-state index in [1.165, 1.54) is 32.1 Å². The van der Waals surface area contributed by atoms with E-state index < -0.39 is 0 Å². The molecule has 0 unspecified atom stereocenters. The van der Waals surface area contributed by atoms with Crippen LogP contribution in [-0.4, -0.2) is 6.04 Å². The van der Waals surface area contributed by atoms with E-state index in [0.29, 0.717) is 12.6 Å². The molecule has 0 saturated heterocycles. The molecule has 3 heteroatoms. The molecule has 0 aromatic carbocycles. The van der Waals surface area contributed by atoms with Crippen LogP contribution in [0.1, 0.15) is 37.9 Å². The van der Waals surface area contributed by atoms with Crippen LogP contribution in [0.4, 0.5) is 5.88 Å². The Morgan fingerprint density at radius 1 is 1.06 bits per heavy atom. The van der Waals surface area contributed by atoms with E-state index in [1.54, 1.807) is 0 Å². The summed E-state index contributed by atoms with van der Waals surface area (Å²) in [7, 11) is 0. The lowest BCUT2D eigenvalue weighted by molar-refractivity contribution is 0.00690. The summed E-state index contributed by atoms with van der Waals surface area (Å²) in [5.74, 6) is 5.62. The molecule has 0 radical (unpaired) electrons. The number of hydrogen-bond acceptors (Lipinski definition) is 3. The fraction of sp³-hybridized carbons (Fsp3) is 0.733. The fourth-order valence-corrected chi connectivity index (χ4v) is 4.89. The standard InChI is InChI=1S/C15H22N2O/c16-8-13-1-2-14(18-13)17-15-11-4-9-3-10(6-11)7-12(15)5-9/h1-2,9-12,15,17H,3-8,16H2. The van der Waals surface area contributed by atoms with Crippen molar-refractivity contribution in [1.29, 1.82) is 0 Å². The van der Waals surface area contributed by atoms with Gasteiger partial charge in [0.2, 0.25) is 0 Å². The summed E-state index contributed by atoms with van der Waals surface area (Å²) in [6.07, 6.45) is 7.27. The topological polar surface area (TPSA) is 51.2 Å². The fourth-order valence-electron chi connectivity index (χ4n) is 4.89. The second-order valence-corrected chi connectivity index (χ2v) is 6.57. The molecule has 0 atom stereocenters. The van der Waals surface area contributed by atoms with Gasteiger partial charge in [-0.25, -0.2) is 0 Å². The highest BCUT2D eigenvalue weighted by Gasteiger charge is 2.48. The van der Waals surface area contributed by atoms with Gasteiger partial charge in [0.1, 0.15) is 5.76 Å². The van der Waals surface area contributed by atoms with Gasteiger partial charge in [-0.15, -0.1) is 0 Å². The van der Waals surface area contributed by atoms with Crippen LogP contribution in [0.2, 0.25) is 0 Å². The third kappa shape index (κ3) is 1.68. The largest absolute Gasteiger partial charge is 0.444 e. The van der Waals surface area contributed by atoms with Gasteiger partial charge in [0.05, 0.1) is 6.54 Å². The molecule has 4 bridgehead atoms. The predicted octanol–water partition coefficient (Wildman–Crippen LogP) is 2.97. The van der Waals surface area contributed by atoms with Crippen LogP contribution in [0.5, 0.6) is 0 Å². The lowest BCUT2D eigenvalue weighted by Crippen LogP contribution is -2.51. The third-order valence-electron chi connectivity index (χ3n) is 5.40. The van der Waals surface area contributed by atoms with Gasteiger partial charge in [0.25, 0.3) is 0 Å². The molecule has 18 heavy (non-hydrogen) atoms. The summed E-state index contributed by atoms with van der Waals surface area (Å²) in [5.41, 5.74) is 5.59. The third-order valence-corrected chi connectivity index (χ3v) is 5.40. The Kier molecular flexibility index (Phi) is 2.44. The highest BCUT2D eigenvalue weighted by molar-refractivity contribution is 5.35. The molecule has 0 amide bonds. The summed E-state index contributed by atoms with van der Waals surface area (Å²) in [5, 5.41) is 3.66. The van der Waals surface area contributed by atoms with Crippen molar-refractivity contribution in [3.05, 3.63) is 17.9 Å². The SMILES string of the molecule is NCc1ccc(NC2C3CC4CC(C3)CC2C4)o1. The molecule has 3 N–H and O–H groups in total. The molecule has 98 valence electrons. The number of hydrogen-bond donors (Lipinski definition) is 2. The van der Waals surface area contributed by atoms with Crippen molar-refractivity contribution in [2.75, 3.05) is 5.32 Å². The van der Waals surface area contributed by atoms with Gasteiger partial charge in [-0.05, 0) is 61.8 Å². The van der Waals surface area contributed by atoms with Gasteiger partial charge in [0.15, 0.2) is 5.88 Å². The van der Waals surface area contributed by atoms with Crippen molar-refractivity contribution in [2.45, 2.75) is 44.7 Å². The van der Waals surface area contributed by atoms with Gasteiger partial charge in [-0.3, -0.25) is 0 Å². The lowest BCUT2D eigenvalue weighted by Gasteiger charge is -2.54. The molecule has 5 rings (SSSR count). The Bertz CT molecular complexity index is 411. The summed E-state index contributed by atoms with van der Waals surface area (Å²) in [4.78, 5) is 0. The summed E-state index contributed by atoms with van der Waals surface area (Å²) in [6, 6.07) is 4.67. The van der Waals surface area contributed by atoms with E-state index >= 15 is 0 Å². The molecular formula is C15H22N2O. The molecule has 1 heterocycles. The second kappa shape index (κ2) is 4.02. The molecule has 1 aromatic heterocycles. The van der Waals surface area contributed by atoms with E-state index in [1.807, 2.05) is 12.1 Å². The van der Waals surface area contributed by atoms with E-state index in [9.17, 15) is 0 Å². The number of rotatable bonds is 3. The summed E-state index contributed by atoms with van der Waals surface area (Å²) >= 11 is 0. The maximum Gasteiger partial charge on any atom is 0.193 e. The van der Waals surface area contributed by atoms with Crippen LogP contribution in [0.25, 0.3) is 0 Å². The first-order valence-corrected chi connectivity index (χ1v) is 7.37. The molecule has 4 fully saturated rings. The van der Waals surface area contributed by atoms with Gasteiger partial charge < -0.3 is 15.5 Å². The molecular weight excluding hydrogens is 224 g/mol. The minimum absolute atomic E-state index is 0.489. The first-order chi connectivity index (χ1) is 8.81. The van der Waals surface area contributed by atoms with Crippen molar-refractivity contribution in [2.24, 2.45) is 29.4 Å². The Morgan fingerprint density at radius 3 is 2.28 bits per heavy atom. The Balaban J connectivity index is 1.51. The van der Waals surface area contributed by atoms with Crippen molar-refractivity contribution in [3.8, 4) is 0 Å². The maximum absolute atomic E-state index is 5.70. The average Bonchev–Trinajstić information content (AvgIpc) is 2.80. The molecule has 4 saturated carbocycles. The first kappa shape index (κ1) is 10.9. The molecule has 0 spiro atoms. The van der Waals surface area contributed by atoms with Crippen molar-refractivity contribution in [3.63, 3.8) is 0 Å². The normalized spacial score (nSPS) is 41.3. The molecule has 3 nitrogen and oxygen atoms in total. The highest BCUT2D eigenvalue weighted by atomic mass is 16.4. The van der Waals surface area contributed by atoms with Crippen LogP contribution < -0.4 is 11.1 Å². The van der Waals surface area contributed by atoms with Crippen molar-refractivity contribution in [1.82, 2.24) is 0 Å². The van der Waals surface area contributed by atoms with E-state index in [4.69, 9.17) is 10.2 Å². The minimum atomic E-state index is 0.489. The number of anilines is 1. The van der Waals surface area contributed by atoms with Crippen LogP contribution >= 0.6 is 0 Å². The lowest BCUT2D eigenvalue weighted by atomic mass is 9.54. The monoisotopic (exact) mass is 246 g/mol. The first-order valence-electron chi connectivity index (χ1n) is 7.37. The van der Waals surface area contributed by atoms with Crippen LogP contribution in [0.15, 0.2) is 16.5 Å². The summed E-state index contributed by atoms with van der Waals surface area (Å²) in [6.45, 7) is 0.489. The van der Waals surface area contributed by atoms with E-state index in [0.717, 1.165) is 35.3 Å². The Hall–Kier alpha value is -0.960. The quantitative estimate of drug-likeness (QED) is 0.862. The average molecular weight is 246 g/mol. The molecule has 4 aliphatic rings. The highest BCUT2D eigenvalue weighted by Crippen LogP contribution is 2.54. The zero-order chi connectivity index (χ0) is 12.1. The van der Waals surface area contributed by atoms with Crippen molar-refractivity contribution >= 4 is 5.88 Å². The van der Waals surface area contributed by atoms with Gasteiger partial charge in [-0.2, -0.15) is 0 Å². The molecule has 1 aromatic rings.